The minimum absolute atomic E-state index is 0.0892. The first-order valence-electron chi connectivity index (χ1n) is 23.8. The van der Waals surface area contributed by atoms with Crippen molar-refractivity contribution in [3.05, 3.63) is 263 Å². The highest BCUT2D eigenvalue weighted by atomic mass is 14.8. The Morgan fingerprint density at radius 3 is 1.46 bits per heavy atom. The summed E-state index contributed by atoms with van der Waals surface area (Å²) < 4.78 is 0. The number of allylic oxidation sites excluding steroid dienone is 4. The van der Waals surface area contributed by atoms with Crippen molar-refractivity contribution in [2.24, 2.45) is 0 Å². The SMILES string of the molecule is C/C(=C\C=C(/C)c1nc2cc3c(ccc4ccccc43)cc2c2c1C1c3ccccc3C2c2c(-c3ccc(-c4ccccc4)cc3)nc3cc4c(ccc5ccccc54)cc3c21)c1ccccc1. The minimum Gasteiger partial charge on any atom is -0.248 e. The maximum Gasteiger partial charge on any atom is 0.0754 e. The first-order valence-corrected chi connectivity index (χ1v) is 23.8. The molecule has 2 unspecified atom stereocenters. The molecule has 10 aromatic carbocycles. The third-order valence-electron chi connectivity index (χ3n) is 15.1. The highest BCUT2D eigenvalue weighted by Crippen LogP contribution is 2.61. The Labute approximate surface area is 395 Å². The second-order valence-corrected chi connectivity index (χ2v) is 18.8. The van der Waals surface area contributed by atoms with E-state index in [4.69, 9.17) is 9.97 Å². The van der Waals surface area contributed by atoms with Gasteiger partial charge in [-0.3, -0.25) is 0 Å². The van der Waals surface area contributed by atoms with Crippen LogP contribution in [0.3, 0.4) is 0 Å². The van der Waals surface area contributed by atoms with Crippen LogP contribution in [-0.4, -0.2) is 9.97 Å². The summed E-state index contributed by atoms with van der Waals surface area (Å²) in [6.07, 6.45) is 4.57. The third kappa shape index (κ3) is 5.84. The molecular weight excluding hydrogens is 821 g/mol. The van der Waals surface area contributed by atoms with E-state index in [1.165, 1.54) is 110 Å². The van der Waals surface area contributed by atoms with E-state index >= 15 is 0 Å². The van der Waals surface area contributed by atoms with Crippen LogP contribution in [0.15, 0.2) is 218 Å². The van der Waals surface area contributed by atoms with Crippen LogP contribution in [-0.2, 0) is 0 Å². The summed E-state index contributed by atoms with van der Waals surface area (Å²) in [7, 11) is 0. The molecule has 15 rings (SSSR count). The smallest absolute Gasteiger partial charge is 0.0754 e. The number of fused-ring (bicyclic) bond motifs is 8. The van der Waals surface area contributed by atoms with Crippen LogP contribution in [0.1, 0.15) is 70.3 Å². The van der Waals surface area contributed by atoms with Gasteiger partial charge in [-0.1, -0.05) is 194 Å². The second-order valence-electron chi connectivity index (χ2n) is 18.8. The Hall–Kier alpha value is -8.46. The summed E-state index contributed by atoms with van der Waals surface area (Å²) in [5.74, 6) is -0.181. The van der Waals surface area contributed by atoms with Crippen LogP contribution in [0.5, 0.6) is 0 Å². The fraction of sp³-hybridized carbons (Fsp3) is 0.0606. The van der Waals surface area contributed by atoms with Gasteiger partial charge in [0.1, 0.15) is 0 Å². The van der Waals surface area contributed by atoms with Crippen molar-refractivity contribution in [1.29, 1.82) is 0 Å². The highest BCUT2D eigenvalue weighted by molar-refractivity contribution is 6.15. The quantitative estimate of drug-likeness (QED) is 0.0979. The van der Waals surface area contributed by atoms with Gasteiger partial charge in [-0.25, -0.2) is 9.97 Å². The summed E-state index contributed by atoms with van der Waals surface area (Å²) in [5.41, 5.74) is 19.3. The van der Waals surface area contributed by atoms with E-state index < -0.39 is 0 Å². The van der Waals surface area contributed by atoms with Crippen molar-refractivity contribution in [3.63, 3.8) is 0 Å². The lowest BCUT2D eigenvalue weighted by molar-refractivity contribution is 0.758. The molecule has 2 bridgehead atoms. The molecule has 3 aliphatic carbocycles. The minimum atomic E-state index is -0.0919. The second kappa shape index (κ2) is 15.0. The van der Waals surface area contributed by atoms with Gasteiger partial charge in [0.2, 0.25) is 0 Å². The van der Waals surface area contributed by atoms with Crippen LogP contribution in [0, 0.1) is 0 Å². The maximum absolute atomic E-state index is 5.85. The van der Waals surface area contributed by atoms with E-state index in [9.17, 15) is 0 Å². The van der Waals surface area contributed by atoms with Crippen molar-refractivity contribution < 1.29 is 0 Å². The predicted octanol–water partition coefficient (Wildman–Crippen LogP) is 17.2. The van der Waals surface area contributed by atoms with Crippen molar-refractivity contribution >= 4 is 76.0 Å². The number of aromatic nitrogens is 2. The van der Waals surface area contributed by atoms with Gasteiger partial charge in [0.15, 0.2) is 0 Å². The molecule has 2 aromatic heterocycles. The van der Waals surface area contributed by atoms with Crippen LogP contribution < -0.4 is 0 Å². The van der Waals surface area contributed by atoms with Crippen molar-refractivity contribution in [1.82, 2.24) is 9.97 Å². The van der Waals surface area contributed by atoms with Crippen molar-refractivity contribution in [3.8, 4) is 22.4 Å². The van der Waals surface area contributed by atoms with Crippen LogP contribution in [0.25, 0.3) is 98.4 Å². The molecule has 318 valence electrons. The fourth-order valence-electron chi connectivity index (χ4n) is 11.9. The van der Waals surface area contributed by atoms with Gasteiger partial charge in [0, 0.05) is 28.2 Å². The van der Waals surface area contributed by atoms with Gasteiger partial charge in [-0.2, -0.15) is 0 Å². The largest absolute Gasteiger partial charge is 0.248 e. The van der Waals surface area contributed by atoms with E-state index in [0.717, 1.165) is 33.6 Å². The molecule has 0 saturated heterocycles. The van der Waals surface area contributed by atoms with Crippen molar-refractivity contribution in [2.45, 2.75) is 25.7 Å². The summed E-state index contributed by atoms with van der Waals surface area (Å²) in [5, 5.41) is 12.3. The molecule has 3 aliphatic rings. The Kier molecular flexibility index (Phi) is 8.57. The first kappa shape index (κ1) is 38.8. The molecule has 2 atom stereocenters. The molecule has 0 fully saturated rings. The average Bonchev–Trinajstić information content (AvgIpc) is 3.41. The zero-order valence-electron chi connectivity index (χ0n) is 37.8. The Morgan fingerprint density at radius 2 is 0.824 bits per heavy atom. The molecular formula is C66H44N2. The summed E-state index contributed by atoms with van der Waals surface area (Å²) in [4.78, 5) is 11.7. The van der Waals surface area contributed by atoms with Gasteiger partial charge in [-0.05, 0) is 142 Å². The lowest BCUT2D eigenvalue weighted by Crippen LogP contribution is -2.30. The summed E-state index contributed by atoms with van der Waals surface area (Å²) >= 11 is 0. The molecule has 0 amide bonds. The molecule has 2 heteroatoms. The highest BCUT2D eigenvalue weighted by Gasteiger charge is 2.47. The molecule has 0 spiro atoms. The van der Waals surface area contributed by atoms with Crippen LogP contribution >= 0.6 is 0 Å². The van der Waals surface area contributed by atoms with E-state index in [2.05, 4.69) is 232 Å². The van der Waals surface area contributed by atoms with E-state index in [0.29, 0.717) is 0 Å². The monoisotopic (exact) mass is 864 g/mol. The molecule has 0 radical (unpaired) electrons. The third-order valence-corrected chi connectivity index (χ3v) is 15.1. The fourth-order valence-corrected chi connectivity index (χ4v) is 11.9. The number of nitrogens with zero attached hydrogens (tertiary/aromatic N) is 2. The number of benzene rings is 10. The van der Waals surface area contributed by atoms with E-state index in [-0.39, 0.29) is 11.8 Å². The Balaban J connectivity index is 1.11. The normalized spacial score (nSPS) is 15.4. The van der Waals surface area contributed by atoms with Crippen LogP contribution in [0.2, 0.25) is 0 Å². The molecule has 0 aliphatic heterocycles. The predicted molar refractivity (Wildman–Crippen MR) is 286 cm³/mol. The number of hydrogen-bond acceptors (Lipinski definition) is 2. The molecule has 0 saturated carbocycles. The molecule has 68 heavy (non-hydrogen) atoms. The van der Waals surface area contributed by atoms with Gasteiger partial charge >= 0.3 is 0 Å². The number of hydrogen-bond donors (Lipinski definition) is 0. The molecule has 2 nitrogen and oxygen atoms in total. The van der Waals surface area contributed by atoms with Crippen LogP contribution in [0.4, 0.5) is 0 Å². The summed E-state index contributed by atoms with van der Waals surface area (Å²) in [6, 6.07) is 75.9. The number of pyridine rings is 2. The zero-order valence-corrected chi connectivity index (χ0v) is 37.8. The topological polar surface area (TPSA) is 25.8 Å². The summed E-state index contributed by atoms with van der Waals surface area (Å²) in [6.45, 7) is 4.46. The van der Waals surface area contributed by atoms with Gasteiger partial charge in [0.05, 0.1) is 22.4 Å². The lowest BCUT2D eigenvalue weighted by Gasteiger charge is -2.45. The Bertz CT molecular complexity index is 4140. The van der Waals surface area contributed by atoms with Gasteiger partial charge < -0.3 is 0 Å². The molecule has 0 N–H and O–H groups in total. The van der Waals surface area contributed by atoms with Gasteiger partial charge in [0.25, 0.3) is 0 Å². The van der Waals surface area contributed by atoms with E-state index in [1.807, 2.05) is 0 Å². The zero-order chi connectivity index (χ0) is 45.0. The molecule has 12 aromatic rings. The standard InChI is InChI=1S/C66H44N2/c1-39(41-15-5-3-6-16-41)25-26-40(2)65-63-59-51-23-13-14-24-52(51)60(61(63)55-35-47-33-29-44-19-9-11-21-49(44)53(47)37-57(55)67-65)64-62(59)56-36-48-34-30-45-20-10-12-22-50(45)54(48)38-58(56)68-66(64)46-31-27-43(28-32-46)42-17-7-4-8-18-42/h3-38,59-60H,1-2H3/b39-25+,40-26+. The maximum atomic E-state index is 5.85. The molecule has 2 heterocycles. The van der Waals surface area contributed by atoms with E-state index in [1.54, 1.807) is 0 Å². The lowest BCUT2D eigenvalue weighted by atomic mass is 9.58. The average molecular weight is 865 g/mol. The first-order chi connectivity index (χ1) is 33.6. The number of rotatable bonds is 5. The van der Waals surface area contributed by atoms with Gasteiger partial charge in [-0.15, -0.1) is 0 Å². The van der Waals surface area contributed by atoms with Crippen molar-refractivity contribution in [2.75, 3.05) is 0 Å². The Morgan fingerprint density at radius 1 is 0.353 bits per heavy atom.